The fraction of sp³-hybridized carbons (Fsp3) is 0.261. The molecule has 4 rings (SSSR count). The summed E-state index contributed by atoms with van der Waals surface area (Å²) in [5, 5.41) is 1.85. The largest absolute Gasteiger partial charge is 0.484 e. The standard InChI is InChI=1S/C23H23ClN2O2/c1-2-16-4-3-5-19(12-16)28-15-23(27)26-10-8-17(9-11-26)21-14-25-22-7-6-18(24)13-20(21)22/h3-8,12-14,25H,2,9-11,15H2,1H3. The molecule has 1 amide bonds. The first kappa shape index (κ1) is 18.6. The molecule has 0 bridgehead atoms. The summed E-state index contributed by atoms with van der Waals surface area (Å²) in [7, 11) is 0. The number of fused-ring (bicyclic) bond motifs is 1. The maximum Gasteiger partial charge on any atom is 0.260 e. The molecule has 0 aliphatic carbocycles. The zero-order chi connectivity index (χ0) is 19.5. The normalized spacial score (nSPS) is 14.2. The van der Waals surface area contributed by atoms with Gasteiger partial charge in [-0.3, -0.25) is 4.79 Å². The predicted molar refractivity (Wildman–Crippen MR) is 114 cm³/mol. The Hall–Kier alpha value is -2.72. The van der Waals surface area contributed by atoms with Crippen molar-refractivity contribution in [3.63, 3.8) is 0 Å². The molecule has 1 aliphatic rings. The molecule has 28 heavy (non-hydrogen) atoms. The van der Waals surface area contributed by atoms with E-state index in [0.717, 1.165) is 40.1 Å². The van der Waals surface area contributed by atoms with Gasteiger partial charge in [-0.05, 0) is 54.3 Å². The first-order valence-corrected chi connectivity index (χ1v) is 9.97. The molecule has 1 aliphatic heterocycles. The lowest BCUT2D eigenvalue weighted by molar-refractivity contribution is -0.132. The first-order valence-electron chi connectivity index (χ1n) is 9.59. The van der Waals surface area contributed by atoms with Crippen LogP contribution >= 0.6 is 11.6 Å². The summed E-state index contributed by atoms with van der Waals surface area (Å²) in [6.07, 6.45) is 5.91. The maximum atomic E-state index is 12.5. The van der Waals surface area contributed by atoms with Crippen LogP contribution in [0.25, 0.3) is 16.5 Å². The third-order valence-electron chi connectivity index (χ3n) is 5.22. The molecule has 0 saturated carbocycles. The van der Waals surface area contributed by atoms with Gasteiger partial charge < -0.3 is 14.6 Å². The predicted octanol–water partition coefficient (Wildman–Crippen LogP) is 5.08. The molecule has 0 saturated heterocycles. The van der Waals surface area contributed by atoms with Crippen LogP contribution in [-0.2, 0) is 11.2 Å². The molecule has 2 heterocycles. The average molecular weight is 395 g/mol. The lowest BCUT2D eigenvalue weighted by Crippen LogP contribution is -2.37. The number of amides is 1. The van der Waals surface area contributed by atoms with Crippen molar-refractivity contribution in [3.8, 4) is 5.75 Å². The highest BCUT2D eigenvalue weighted by Crippen LogP contribution is 2.31. The van der Waals surface area contributed by atoms with Gasteiger partial charge in [0.15, 0.2) is 6.61 Å². The Morgan fingerprint density at radius 3 is 2.93 bits per heavy atom. The Labute approximate surface area is 169 Å². The summed E-state index contributed by atoms with van der Waals surface area (Å²) in [5.74, 6) is 0.760. The van der Waals surface area contributed by atoms with E-state index in [2.05, 4.69) is 24.1 Å². The van der Waals surface area contributed by atoms with Gasteiger partial charge in [-0.15, -0.1) is 0 Å². The lowest BCUT2D eigenvalue weighted by Gasteiger charge is -2.26. The number of nitrogens with zero attached hydrogens (tertiary/aromatic N) is 1. The molecule has 4 nitrogen and oxygen atoms in total. The van der Waals surface area contributed by atoms with Crippen molar-refractivity contribution in [1.29, 1.82) is 0 Å². The van der Waals surface area contributed by atoms with E-state index in [4.69, 9.17) is 16.3 Å². The second-order valence-electron chi connectivity index (χ2n) is 7.00. The SMILES string of the molecule is CCc1cccc(OCC(=O)N2CC=C(c3c[nH]c4ccc(Cl)cc34)CC2)c1. The van der Waals surface area contributed by atoms with Crippen molar-refractivity contribution in [1.82, 2.24) is 9.88 Å². The van der Waals surface area contributed by atoms with E-state index in [9.17, 15) is 4.79 Å². The summed E-state index contributed by atoms with van der Waals surface area (Å²) < 4.78 is 5.70. The zero-order valence-corrected chi connectivity index (χ0v) is 16.6. The highest BCUT2D eigenvalue weighted by atomic mass is 35.5. The molecule has 3 aromatic rings. The number of hydrogen-bond donors (Lipinski definition) is 1. The van der Waals surface area contributed by atoms with E-state index in [1.807, 2.05) is 47.5 Å². The number of carbonyl (C=O) groups is 1. The Balaban J connectivity index is 1.40. The van der Waals surface area contributed by atoms with Crippen molar-refractivity contribution in [2.24, 2.45) is 0 Å². The van der Waals surface area contributed by atoms with Crippen LogP contribution in [0.5, 0.6) is 5.75 Å². The highest BCUT2D eigenvalue weighted by Gasteiger charge is 2.20. The number of hydrogen-bond acceptors (Lipinski definition) is 2. The first-order chi connectivity index (χ1) is 13.6. The summed E-state index contributed by atoms with van der Waals surface area (Å²) in [6, 6.07) is 13.8. The van der Waals surface area contributed by atoms with E-state index in [-0.39, 0.29) is 12.5 Å². The van der Waals surface area contributed by atoms with Gasteiger partial charge in [0, 0.05) is 40.8 Å². The Morgan fingerprint density at radius 2 is 2.14 bits per heavy atom. The number of halogens is 1. The van der Waals surface area contributed by atoms with Gasteiger partial charge in [0.05, 0.1) is 0 Å². The maximum absolute atomic E-state index is 12.5. The molecule has 0 unspecified atom stereocenters. The lowest BCUT2D eigenvalue weighted by atomic mass is 9.99. The van der Waals surface area contributed by atoms with Gasteiger partial charge in [0.25, 0.3) is 5.91 Å². The van der Waals surface area contributed by atoms with Crippen LogP contribution in [0, 0.1) is 0 Å². The van der Waals surface area contributed by atoms with Crippen molar-refractivity contribution in [3.05, 3.63) is 70.9 Å². The van der Waals surface area contributed by atoms with Gasteiger partial charge in [-0.1, -0.05) is 36.7 Å². The van der Waals surface area contributed by atoms with Gasteiger partial charge in [0.1, 0.15) is 5.75 Å². The van der Waals surface area contributed by atoms with Crippen LogP contribution in [0.3, 0.4) is 0 Å². The summed E-state index contributed by atoms with van der Waals surface area (Å²) in [4.78, 5) is 17.7. The van der Waals surface area contributed by atoms with Crippen LogP contribution in [-0.4, -0.2) is 35.5 Å². The van der Waals surface area contributed by atoms with Crippen LogP contribution in [0.1, 0.15) is 24.5 Å². The fourth-order valence-corrected chi connectivity index (χ4v) is 3.76. The number of aromatic nitrogens is 1. The summed E-state index contributed by atoms with van der Waals surface area (Å²) in [5.41, 5.74) is 4.68. The van der Waals surface area contributed by atoms with Crippen LogP contribution in [0.2, 0.25) is 5.02 Å². The molecule has 0 fully saturated rings. The van der Waals surface area contributed by atoms with Gasteiger partial charge >= 0.3 is 0 Å². The molecule has 0 spiro atoms. The van der Waals surface area contributed by atoms with Gasteiger partial charge in [-0.25, -0.2) is 0 Å². The molecular formula is C23H23ClN2O2. The molecule has 144 valence electrons. The molecule has 2 aromatic carbocycles. The molecular weight excluding hydrogens is 372 g/mol. The molecule has 1 N–H and O–H groups in total. The van der Waals surface area contributed by atoms with E-state index >= 15 is 0 Å². The second-order valence-corrected chi connectivity index (χ2v) is 7.44. The number of carbonyl (C=O) groups excluding carboxylic acids is 1. The highest BCUT2D eigenvalue weighted by molar-refractivity contribution is 6.31. The fourth-order valence-electron chi connectivity index (χ4n) is 3.59. The molecule has 5 heteroatoms. The number of aryl methyl sites for hydroxylation is 1. The van der Waals surface area contributed by atoms with Gasteiger partial charge in [0.2, 0.25) is 0 Å². The van der Waals surface area contributed by atoms with E-state index in [1.54, 1.807) is 0 Å². The molecule has 0 atom stereocenters. The third kappa shape index (κ3) is 3.92. The number of rotatable bonds is 5. The average Bonchev–Trinajstić information content (AvgIpc) is 3.15. The minimum absolute atomic E-state index is 0.0131. The summed E-state index contributed by atoms with van der Waals surface area (Å²) in [6.45, 7) is 3.46. The van der Waals surface area contributed by atoms with E-state index in [1.165, 1.54) is 11.1 Å². The number of aromatic amines is 1. The minimum atomic E-state index is 0.0131. The van der Waals surface area contributed by atoms with Crippen molar-refractivity contribution >= 4 is 34.0 Å². The Bertz CT molecular complexity index is 1040. The van der Waals surface area contributed by atoms with Crippen molar-refractivity contribution in [2.45, 2.75) is 19.8 Å². The second kappa shape index (κ2) is 8.11. The molecule has 1 aromatic heterocycles. The Kier molecular flexibility index (Phi) is 5.40. The van der Waals surface area contributed by atoms with E-state index < -0.39 is 0 Å². The smallest absolute Gasteiger partial charge is 0.260 e. The van der Waals surface area contributed by atoms with E-state index in [0.29, 0.717) is 13.1 Å². The minimum Gasteiger partial charge on any atom is -0.484 e. The van der Waals surface area contributed by atoms with Crippen LogP contribution < -0.4 is 4.74 Å². The third-order valence-corrected chi connectivity index (χ3v) is 5.46. The van der Waals surface area contributed by atoms with Crippen LogP contribution in [0.4, 0.5) is 0 Å². The van der Waals surface area contributed by atoms with Gasteiger partial charge in [-0.2, -0.15) is 0 Å². The zero-order valence-electron chi connectivity index (χ0n) is 15.9. The number of ether oxygens (including phenoxy) is 1. The number of H-pyrrole nitrogens is 1. The van der Waals surface area contributed by atoms with Crippen molar-refractivity contribution < 1.29 is 9.53 Å². The van der Waals surface area contributed by atoms with Crippen molar-refractivity contribution in [2.75, 3.05) is 19.7 Å². The monoisotopic (exact) mass is 394 g/mol. The topological polar surface area (TPSA) is 45.3 Å². The number of benzene rings is 2. The molecule has 0 radical (unpaired) electrons. The quantitative estimate of drug-likeness (QED) is 0.656. The van der Waals surface area contributed by atoms with Crippen LogP contribution in [0.15, 0.2) is 54.7 Å². The summed E-state index contributed by atoms with van der Waals surface area (Å²) >= 11 is 6.16. The number of nitrogens with one attached hydrogen (secondary N) is 1. The Morgan fingerprint density at radius 1 is 1.25 bits per heavy atom.